The molecular formula is C57H66BCl6IN15O8. The third kappa shape index (κ3) is 19.6. The number of rotatable bonds is 22. The first-order chi connectivity index (χ1) is 41.7. The lowest BCUT2D eigenvalue weighted by Crippen LogP contribution is -2.47. The van der Waals surface area contributed by atoms with Gasteiger partial charge in [-0.2, -0.15) is 15.3 Å². The molecule has 0 bridgehead atoms. The van der Waals surface area contributed by atoms with Gasteiger partial charge in [0, 0.05) is 59.9 Å². The van der Waals surface area contributed by atoms with Crippen LogP contribution in [-0.4, -0.2) is 109 Å². The Morgan fingerprint density at radius 2 is 1.01 bits per heavy atom. The summed E-state index contributed by atoms with van der Waals surface area (Å²) < 4.78 is 26.2. The molecule has 0 saturated heterocycles. The quantitative estimate of drug-likeness (QED) is 0.0144. The van der Waals surface area contributed by atoms with Gasteiger partial charge in [0.25, 0.3) is 16.7 Å². The molecule has 469 valence electrons. The van der Waals surface area contributed by atoms with Crippen LogP contribution in [-0.2, 0) is 66.1 Å². The van der Waals surface area contributed by atoms with E-state index in [1.807, 2.05) is 52.8 Å². The summed E-state index contributed by atoms with van der Waals surface area (Å²) in [6, 6.07) is 16.0. The number of fused-ring (bicyclic) bond motifs is 3. The Balaban J connectivity index is 0.000000192. The lowest BCUT2D eigenvalue weighted by atomic mass is 9.86. The Bertz CT molecular complexity index is 4090. The van der Waals surface area contributed by atoms with Crippen LogP contribution in [0.4, 0.5) is 17.8 Å². The van der Waals surface area contributed by atoms with Crippen LogP contribution in [0.5, 0.6) is 0 Å². The van der Waals surface area contributed by atoms with E-state index >= 15 is 0 Å². The lowest BCUT2D eigenvalue weighted by Gasteiger charge is -2.37. The van der Waals surface area contributed by atoms with Crippen molar-refractivity contribution in [2.75, 3.05) is 42.4 Å². The average molecular weight is 1440 g/mol. The van der Waals surface area contributed by atoms with E-state index < -0.39 is 11.2 Å². The Kier molecular flexibility index (Phi) is 26.4. The molecule has 3 aromatic carbocycles. The van der Waals surface area contributed by atoms with Crippen LogP contribution in [0.15, 0.2) is 87.5 Å². The fourth-order valence-corrected chi connectivity index (χ4v) is 9.35. The number of hydrogen-bond acceptors (Lipinski definition) is 17. The summed E-state index contributed by atoms with van der Waals surface area (Å²) in [6.07, 6.45) is 5.36. The van der Waals surface area contributed by atoms with Crippen molar-refractivity contribution in [1.29, 1.82) is 0 Å². The molecule has 88 heavy (non-hydrogen) atoms. The molecule has 0 fully saturated rings. The van der Waals surface area contributed by atoms with Crippen LogP contribution in [0, 0.1) is 3.70 Å². The number of ether oxygens (including phenoxy) is 3. The van der Waals surface area contributed by atoms with E-state index in [-0.39, 0.29) is 16.7 Å². The van der Waals surface area contributed by atoms with Crippen molar-refractivity contribution >= 4 is 157 Å². The summed E-state index contributed by atoms with van der Waals surface area (Å²) in [4.78, 5) is 58.4. The lowest BCUT2D eigenvalue weighted by molar-refractivity contribution is -0.0894. The van der Waals surface area contributed by atoms with E-state index in [0.29, 0.717) is 143 Å². The molecular weight excluding hydrogens is 1370 g/mol. The molecule has 31 heteroatoms. The van der Waals surface area contributed by atoms with Gasteiger partial charge < -0.3 is 39.9 Å². The number of aliphatic hydroxyl groups is 1. The predicted octanol–water partition coefficient (Wildman–Crippen LogP) is 11.6. The molecule has 0 amide bonds. The summed E-state index contributed by atoms with van der Waals surface area (Å²) in [5, 5.41) is 34.8. The molecule has 6 aromatic heterocycles. The first-order valence-electron chi connectivity index (χ1n) is 27.2. The Labute approximate surface area is 551 Å². The largest absolute Gasteiger partial charge is 0.503 e. The highest BCUT2D eigenvalue weighted by molar-refractivity contribution is 14.1. The molecule has 0 aliphatic rings. The van der Waals surface area contributed by atoms with Crippen LogP contribution in [0.2, 0.25) is 30.1 Å². The van der Waals surface area contributed by atoms with Gasteiger partial charge in [-0.1, -0.05) is 93.8 Å². The topological polar surface area (TPSA) is 284 Å². The van der Waals surface area contributed by atoms with Gasteiger partial charge in [-0.25, -0.2) is 15.0 Å². The monoisotopic (exact) mass is 1440 g/mol. The normalized spacial score (nSPS) is 11.6. The molecule has 0 aliphatic carbocycles. The maximum atomic E-state index is 12.4. The number of H-pyrrole nitrogens is 3. The second kappa shape index (κ2) is 32.9. The average Bonchev–Trinajstić information content (AvgIpc) is 2.57. The maximum absolute atomic E-state index is 12.4. The summed E-state index contributed by atoms with van der Waals surface area (Å²) >= 11 is 37.8. The van der Waals surface area contributed by atoms with E-state index in [1.165, 1.54) is 23.1 Å². The van der Waals surface area contributed by atoms with Crippen molar-refractivity contribution in [3.05, 3.63) is 166 Å². The van der Waals surface area contributed by atoms with Crippen molar-refractivity contribution < 1.29 is 24.0 Å². The van der Waals surface area contributed by atoms with E-state index in [0.717, 1.165) is 22.4 Å². The minimum absolute atomic E-state index is 0.237. The van der Waals surface area contributed by atoms with Crippen molar-refractivity contribution in [3.8, 4) is 0 Å². The van der Waals surface area contributed by atoms with Gasteiger partial charge in [0.1, 0.15) is 25.9 Å². The number of halogens is 7. The molecule has 0 unspecified atom stereocenters. The smallest absolute Gasteiger partial charge is 0.326 e. The minimum Gasteiger partial charge on any atom is -0.503 e. The maximum Gasteiger partial charge on any atom is 0.326 e. The van der Waals surface area contributed by atoms with Gasteiger partial charge in [-0.3, -0.25) is 43.4 Å². The number of aromatic amines is 3. The first-order valence-corrected chi connectivity index (χ1v) is 30.5. The number of benzene rings is 3. The molecule has 0 aliphatic heterocycles. The number of nitrogens with zero attached hydrogens (tertiary/aromatic N) is 9. The predicted molar refractivity (Wildman–Crippen MR) is 360 cm³/mol. The fourth-order valence-electron chi connectivity index (χ4n) is 7.69. The Hall–Kier alpha value is -6.40. The van der Waals surface area contributed by atoms with Crippen LogP contribution < -0.4 is 32.6 Å². The minimum atomic E-state index is -0.886. The zero-order chi connectivity index (χ0) is 64.5. The third-order valence-corrected chi connectivity index (χ3v) is 15.8. The summed E-state index contributed by atoms with van der Waals surface area (Å²) in [5.41, 5.74) is 4.70. The second-order valence-electron chi connectivity index (χ2n) is 19.9. The van der Waals surface area contributed by atoms with Crippen molar-refractivity contribution in [1.82, 2.24) is 59.2 Å². The summed E-state index contributed by atoms with van der Waals surface area (Å²) in [6.45, 7) is 16.5. The van der Waals surface area contributed by atoms with Crippen LogP contribution in [0.1, 0.15) is 76.5 Å². The fraction of sp³-hybridized carbons (Fsp3) is 0.351. The molecule has 7 N–H and O–H groups in total. The van der Waals surface area contributed by atoms with Gasteiger partial charge in [0.05, 0.1) is 79.4 Å². The second-order valence-corrected chi connectivity index (χ2v) is 23.4. The summed E-state index contributed by atoms with van der Waals surface area (Å²) in [7, 11) is 6.66. The van der Waals surface area contributed by atoms with Crippen LogP contribution in [0.3, 0.4) is 0 Å². The zero-order valence-corrected chi connectivity index (χ0v) is 56.4. The van der Waals surface area contributed by atoms with E-state index in [9.17, 15) is 19.5 Å². The third-order valence-electron chi connectivity index (χ3n) is 12.9. The van der Waals surface area contributed by atoms with E-state index in [1.54, 1.807) is 94.4 Å². The standard InChI is InChI=1S/C17H19Cl2N5O2.C17H17Cl2N5O2.C13H10Cl2IN5O.C10H20BO3/c2*1-3-26-7-6-13-14-15(24(2)23-13)16(25)22-17(21-14)20-9-10-4-5-11(18)12(19)8-10;1-21-10-9(11(16)20-21)18-13(19-12(10)22)17-5-6-2-3-7(14)8(15)4-6;1-6-13-8-7-11-14-10(4,5)9(2,3)12/h4-5,8H,3,6-7,9H2,1-2H3,(H2,20,21,22,25);4-8H,3,9H2,1-2H3,(H2,20,21,22,25);2-4H,5H2,1H3,(H2,17,18,19,22);7-8,12H,6H2,1-5H3/b;7-6+;;8-7+. The van der Waals surface area contributed by atoms with Gasteiger partial charge >= 0.3 is 7.48 Å². The Morgan fingerprint density at radius 1 is 0.591 bits per heavy atom. The SMILES string of the molecule is CCO/C=C/[B]OC(C)(C)C(C)(C)O.CCO/C=C/c1nn(C)c2c(=O)[nH]c(NCc3ccc(Cl)c(Cl)c3)nc12.CCOCCc1nn(C)c2c(=O)[nH]c(NCc3ccc(Cl)c(Cl)c3)nc12.Cn1nc(I)c2nc(NCc3ccc(Cl)c(Cl)c3)[nH]c(=O)c21. The summed E-state index contributed by atoms with van der Waals surface area (Å²) in [5.74, 6) is 2.76. The molecule has 0 saturated carbocycles. The first kappa shape index (κ1) is 70.7. The number of nitrogens with one attached hydrogen (secondary N) is 6. The van der Waals surface area contributed by atoms with E-state index in [4.69, 9.17) is 88.5 Å². The van der Waals surface area contributed by atoms with Crippen LogP contribution >= 0.6 is 92.2 Å². The number of hydrogen-bond donors (Lipinski definition) is 7. The van der Waals surface area contributed by atoms with Crippen molar-refractivity contribution in [2.45, 2.75) is 85.7 Å². The van der Waals surface area contributed by atoms with Crippen LogP contribution in [0.25, 0.3) is 39.2 Å². The van der Waals surface area contributed by atoms with Gasteiger partial charge in [0.15, 0.2) is 16.6 Å². The number of aryl methyl sites for hydroxylation is 3. The highest BCUT2D eigenvalue weighted by atomic mass is 127. The molecule has 1 radical (unpaired) electrons. The molecule has 23 nitrogen and oxygen atoms in total. The molecule has 0 atom stereocenters. The highest BCUT2D eigenvalue weighted by Crippen LogP contribution is 2.27. The Morgan fingerprint density at radius 3 is 1.47 bits per heavy atom. The van der Waals surface area contributed by atoms with Gasteiger partial charge in [-0.05, 0) is 124 Å². The molecule has 0 spiro atoms. The molecule has 9 aromatic rings. The zero-order valence-electron chi connectivity index (χ0n) is 49.7. The van der Waals surface area contributed by atoms with E-state index in [2.05, 4.69) is 83.7 Å². The highest BCUT2D eigenvalue weighted by Gasteiger charge is 2.35. The van der Waals surface area contributed by atoms with Crippen molar-refractivity contribution in [3.63, 3.8) is 0 Å². The number of aromatic nitrogens is 12. The number of anilines is 3. The van der Waals surface area contributed by atoms with Gasteiger partial charge in [-0.15, -0.1) is 0 Å². The van der Waals surface area contributed by atoms with Gasteiger partial charge in [0.2, 0.25) is 17.8 Å². The molecule has 6 heterocycles. The van der Waals surface area contributed by atoms with Crippen molar-refractivity contribution in [2.24, 2.45) is 21.1 Å². The molecule has 9 rings (SSSR count).